The zero-order valence-corrected chi connectivity index (χ0v) is 16.4. The predicted molar refractivity (Wildman–Crippen MR) is 104 cm³/mol. The Bertz CT molecular complexity index is 835. The van der Waals surface area contributed by atoms with E-state index < -0.39 is 17.5 Å². The quantitative estimate of drug-likeness (QED) is 0.561. The standard InChI is InChI=1S/C21H25F3N4O/c1-29-6-2-5-28-11-13-7-16(8-14(13)12-28)25-20-4-3-19(26-27-20)17-9-15(22)10-18(23)21(17)24/h3-4,9-10,13-14,16H,2,5-8,11-12H2,1H3,(H,25,27)/t13-,14+,16+. The highest BCUT2D eigenvalue weighted by atomic mass is 19.2. The van der Waals surface area contributed by atoms with Crippen molar-refractivity contribution in [3.05, 3.63) is 41.7 Å². The number of nitrogens with one attached hydrogen (secondary N) is 1. The molecule has 29 heavy (non-hydrogen) atoms. The zero-order valence-electron chi connectivity index (χ0n) is 16.4. The number of benzene rings is 1. The molecule has 2 fully saturated rings. The lowest BCUT2D eigenvalue weighted by atomic mass is 10.0. The molecule has 1 aliphatic heterocycles. The lowest BCUT2D eigenvalue weighted by Crippen LogP contribution is -2.26. The fourth-order valence-corrected chi connectivity index (χ4v) is 4.63. The number of methoxy groups -OCH3 is 1. The third-order valence-electron chi connectivity index (χ3n) is 5.93. The van der Waals surface area contributed by atoms with Crippen molar-refractivity contribution in [1.82, 2.24) is 15.1 Å². The Kier molecular flexibility index (Phi) is 6.01. The average Bonchev–Trinajstić information content (AvgIpc) is 3.23. The minimum Gasteiger partial charge on any atom is -0.385 e. The van der Waals surface area contributed by atoms with Gasteiger partial charge in [0.15, 0.2) is 11.6 Å². The second-order valence-corrected chi connectivity index (χ2v) is 7.99. The Morgan fingerprint density at radius 2 is 1.86 bits per heavy atom. The monoisotopic (exact) mass is 406 g/mol. The number of hydrogen-bond acceptors (Lipinski definition) is 5. The summed E-state index contributed by atoms with van der Waals surface area (Å²) in [7, 11) is 1.73. The molecule has 1 N–H and O–H groups in total. The summed E-state index contributed by atoms with van der Waals surface area (Å²) in [4.78, 5) is 2.52. The summed E-state index contributed by atoms with van der Waals surface area (Å²) in [6.45, 7) is 4.14. The highest BCUT2D eigenvalue weighted by Gasteiger charge is 2.40. The van der Waals surface area contributed by atoms with Gasteiger partial charge in [-0.2, -0.15) is 0 Å². The van der Waals surface area contributed by atoms with Gasteiger partial charge in [-0.05, 0) is 49.3 Å². The molecular weight excluding hydrogens is 381 g/mol. The SMILES string of the molecule is COCCCN1C[C@H]2C[C@H](Nc3ccc(-c4cc(F)cc(F)c4F)nn3)C[C@H]2C1. The summed E-state index contributed by atoms with van der Waals surface area (Å²) < 4.78 is 45.9. The van der Waals surface area contributed by atoms with E-state index in [9.17, 15) is 13.2 Å². The van der Waals surface area contributed by atoms with E-state index in [2.05, 4.69) is 20.4 Å². The smallest absolute Gasteiger partial charge is 0.168 e. The molecule has 1 aromatic carbocycles. The van der Waals surface area contributed by atoms with Crippen LogP contribution < -0.4 is 5.32 Å². The van der Waals surface area contributed by atoms with E-state index in [0.717, 1.165) is 51.6 Å². The molecule has 156 valence electrons. The molecule has 0 amide bonds. The van der Waals surface area contributed by atoms with Crippen LogP contribution in [0.2, 0.25) is 0 Å². The van der Waals surface area contributed by atoms with E-state index in [0.29, 0.717) is 29.8 Å². The molecule has 0 spiro atoms. The third-order valence-corrected chi connectivity index (χ3v) is 5.93. The third kappa shape index (κ3) is 4.53. The lowest BCUT2D eigenvalue weighted by Gasteiger charge is -2.19. The molecule has 2 heterocycles. The topological polar surface area (TPSA) is 50.3 Å². The first-order valence-corrected chi connectivity index (χ1v) is 10.00. The van der Waals surface area contributed by atoms with Gasteiger partial charge in [-0.3, -0.25) is 0 Å². The molecule has 1 aromatic heterocycles. The molecule has 1 aliphatic carbocycles. The number of anilines is 1. The van der Waals surface area contributed by atoms with Gasteiger partial charge in [0.05, 0.1) is 5.69 Å². The number of hydrogen-bond donors (Lipinski definition) is 1. The van der Waals surface area contributed by atoms with Crippen molar-refractivity contribution in [1.29, 1.82) is 0 Å². The second kappa shape index (κ2) is 8.67. The fraction of sp³-hybridized carbons (Fsp3) is 0.524. The first-order valence-electron chi connectivity index (χ1n) is 10.00. The van der Waals surface area contributed by atoms with Gasteiger partial charge in [-0.15, -0.1) is 10.2 Å². The second-order valence-electron chi connectivity index (χ2n) is 7.99. The zero-order chi connectivity index (χ0) is 20.4. The number of halogens is 3. The molecule has 8 heteroatoms. The van der Waals surface area contributed by atoms with Crippen LogP contribution in [0.3, 0.4) is 0 Å². The van der Waals surface area contributed by atoms with Gasteiger partial charge in [0, 0.05) is 51.0 Å². The minimum atomic E-state index is -1.24. The number of aromatic nitrogens is 2. The van der Waals surface area contributed by atoms with Gasteiger partial charge in [0.1, 0.15) is 11.6 Å². The number of likely N-dealkylation sites (tertiary alicyclic amines) is 1. The van der Waals surface area contributed by atoms with Gasteiger partial charge < -0.3 is 15.0 Å². The van der Waals surface area contributed by atoms with Crippen molar-refractivity contribution in [2.45, 2.75) is 25.3 Å². The summed E-state index contributed by atoms with van der Waals surface area (Å²) in [6, 6.07) is 4.97. The molecule has 1 saturated heterocycles. The lowest BCUT2D eigenvalue weighted by molar-refractivity contribution is 0.177. The molecule has 3 atom stereocenters. The highest BCUT2D eigenvalue weighted by Crippen LogP contribution is 2.39. The summed E-state index contributed by atoms with van der Waals surface area (Å²) in [5.41, 5.74) is -0.132. The van der Waals surface area contributed by atoms with Crippen LogP contribution in [0.4, 0.5) is 19.0 Å². The molecule has 1 saturated carbocycles. The Hall–Kier alpha value is -2.19. The van der Waals surface area contributed by atoms with Crippen LogP contribution >= 0.6 is 0 Å². The Labute approximate surface area is 168 Å². The van der Waals surface area contributed by atoms with Crippen LogP contribution in [-0.2, 0) is 4.74 Å². The molecule has 2 aliphatic rings. The fourth-order valence-electron chi connectivity index (χ4n) is 4.63. The Balaban J connectivity index is 1.33. The van der Waals surface area contributed by atoms with Gasteiger partial charge in [0.2, 0.25) is 0 Å². The molecule has 0 bridgehead atoms. The normalized spacial score (nSPS) is 24.1. The first-order chi connectivity index (χ1) is 14.0. The number of rotatable bonds is 7. The molecule has 4 rings (SSSR count). The van der Waals surface area contributed by atoms with Gasteiger partial charge in [0.25, 0.3) is 0 Å². The van der Waals surface area contributed by atoms with Crippen LogP contribution in [0.25, 0.3) is 11.3 Å². The number of fused-ring (bicyclic) bond motifs is 1. The van der Waals surface area contributed by atoms with Crippen molar-refractivity contribution in [3.8, 4) is 11.3 Å². The first kappa shape index (κ1) is 20.1. The van der Waals surface area contributed by atoms with Crippen molar-refractivity contribution in [2.24, 2.45) is 11.8 Å². The van der Waals surface area contributed by atoms with Crippen molar-refractivity contribution in [2.75, 3.05) is 38.7 Å². The summed E-state index contributed by atoms with van der Waals surface area (Å²) in [5, 5.41) is 11.4. The Morgan fingerprint density at radius 3 is 2.52 bits per heavy atom. The summed E-state index contributed by atoms with van der Waals surface area (Å²) >= 11 is 0. The molecule has 0 unspecified atom stereocenters. The van der Waals surface area contributed by atoms with Crippen molar-refractivity contribution in [3.63, 3.8) is 0 Å². The summed E-state index contributed by atoms with van der Waals surface area (Å²) in [5.74, 6) is -1.25. The van der Waals surface area contributed by atoms with Crippen LogP contribution in [-0.4, -0.2) is 54.5 Å². The van der Waals surface area contributed by atoms with Crippen molar-refractivity contribution < 1.29 is 17.9 Å². The predicted octanol–water partition coefficient (Wildman–Crippen LogP) is 3.72. The summed E-state index contributed by atoms with van der Waals surface area (Å²) in [6.07, 6.45) is 3.23. The largest absolute Gasteiger partial charge is 0.385 e. The molecule has 0 radical (unpaired) electrons. The maximum Gasteiger partial charge on any atom is 0.168 e. The van der Waals surface area contributed by atoms with Crippen LogP contribution in [0.1, 0.15) is 19.3 Å². The van der Waals surface area contributed by atoms with Gasteiger partial charge >= 0.3 is 0 Å². The number of nitrogens with zero attached hydrogens (tertiary/aromatic N) is 3. The van der Waals surface area contributed by atoms with Gasteiger partial charge in [-0.25, -0.2) is 13.2 Å². The van der Waals surface area contributed by atoms with E-state index in [1.807, 2.05) is 0 Å². The van der Waals surface area contributed by atoms with E-state index >= 15 is 0 Å². The van der Waals surface area contributed by atoms with Crippen LogP contribution in [0, 0.1) is 29.3 Å². The highest BCUT2D eigenvalue weighted by molar-refractivity contribution is 5.60. The Morgan fingerprint density at radius 1 is 1.10 bits per heavy atom. The van der Waals surface area contributed by atoms with E-state index in [4.69, 9.17) is 4.74 Å². The molecule has 2 aromatic rings. The number of ether oxygens (including phenoxy) is 1. The van der Waals surface area contributed by atoms with E-state index in [-0.39, 0.29) is 11.3 Å². The molecular formula is C21H25F3N4O. The minimum absolute atomic E-state index is 0.0986. The average molecular weight is 406 g/mol. The van der Waals surface area contributed by atoms with Crippen LogP contribution in [0.15, 0.2) is 24.3 Å². The maximum absolute atomic E-state index is 13.9. The molecule has 5 nitrogen and oxygen atoms in total. The van der Waals surface area contributed by atoms with Gasteiger partial charge in [-0.1, -0.05) is 0 Å². The van der Waals surface area contributed by atoms with Crippen LogP contribution in [0.5, 0.6) is 0 Å². The van der Waals surface area contributed by atoms with Crippen molar-refractivity contribution >= 4 is 5.82 Å². The maximum atomic E-state index is 13.9. The van der Waals surface area contributed by atoms with E-state index in [1.165, 1.54) is 6.07 Å². The van der Waals surface area contributed by atoms with E-state index in [1.54, 1.807) is 13.2 Å².